The van der Waals surface area contributed by atoms with Gasteiger partial charge in [0.25, 0.3) is 0 Å². The molecule has 2 aliphatic rings. The first-order chi connectivity index (χ1) is 11.7. The third-order valence-electron chi connectivity index (χ3n) is 5.12. The molecular weight excluding hydrogens is 304 g/mol. The second-order valence-corrected chi connectivity index (χ2v) is 6.49. The Morgan fingerprint density at radius 3 is 3.04 bits per heavy atom. The minimum Gasteiger partial charge on any atom is -0.339 e. The molecule has 2 aromatic heterocycles. The summed E-state index contributed by atoms with van der Waals surface area (Å²) >= 11 is 0. The van der Waals surface area contributed by atoms with Crippen molar-refractivity contribution in [3.63, 3.8) is 0 Å². The molecule has 120 valence electrons. The quantitative estimate of drug-likeness (QED) is 0.735. The fraction of sp³-hybridized carbons (Fsp3) is 0.294. The number of hydrogen-bond acceptors (Lipinski definition) is 5. The number of carbonyl (C=O) groups excluding carboxylic acids is 1. The fourth-order valence-corrected chi connectivity index (χ4v) is 3.82. The predicted molar refractivity (Wildman–Crippen MR) is 89.9 cm³/mol. The van der Waals surface area contributed by atoms with E-state index in [1.165, 1.54) is 0 Å². The fourth-order valence-electron chi connectivity index (χ4n) is 3.82. The van der Waals surface area contributed by atoms with Gasteiger partial charge in [0.1, 0.15) is 5.52 Å². The van der Waals surface area contributed by atoms with Crippen molar-refractivity contribution in [2.45, 2.75) is 11.8 Å². The van der Waals surface area contributed by atoms with Crippen molar-refractivity contribution in [1.82, 2.24) is 19.5 Å². The normalized spacial score (nSPS) is 22.4. The van der Waals surface area contributed by atoms with Crippen LogP contribution >= 0.6 is 0 Å². The van der Waals surface area contributed by atoms with Crippen LogP contribution in [0.3, 0.4) is 0 Å². The molecule has 1 spiro atoms. The highest BCUT2D eigenvalue weighted by Crippen LogP contribution is 2.44. The van der Waals surface area contributed by atoms with Gasteiger partial charge in [0.15, 0.2) is 5.65 Å². The number of benzene rings is 1. The molecule has 1 fully saturated rings. The Bertz CT molecular complexity index is 980. The average Bonchev–Trinajstić information content (AvgIpc) is 3.27. The first kappa shape index (κ1) is 13.5. The van der Waals surface area contributed by atoms with E-state index >= 15 is 0 Å². The molecule has 1 atom stereocenters. The molecule has 7 nitrogen and oxygen atoms in total. The van der Waals surface area contributed by atoms with Gasteiger partial charge in [0.05, 0.1) is 17.9 Å². The van der Waals surface area contributed by atoms with Crippen LogP contribution in [0.4, 0.5) is 11.6 Å². The van der Waals surface area contributed by atoms with Crippen LogP contribution in [0.5, 0.6) is 0 Å². The van der Waals surface area contributed by atoms with E-state index in [1.807, 2.05) is 35.9 Å². The molecule has 4 heterocycles. The highest BCUT2D eigenvalue weighted by atomic mass is 16.2. The number of nitrogens with one attached hydrogen (secondary N) is 1. The van der Waals surface area contributed by atoms with Crippen molar-refractivity contribution in [2.75, 3.05) is 23.3 Å². The molecule has 1 saturated heterocycles. The zero-order valence-electron chi connectivity index (χ0n) is 13.2. The summed E-state index contributed by atoms with van der Waals surface area (Å²) in [5, 5.41) is 3.02. The van der Waals surface area contributed by atoms with Gasteiger partial charge in [0, 0.05) is 25.8 Å². The molecule has 0 saturated carbocycles. The third-order valence-corrected chi connectivity index (χ3v) is 5.12. The smallest absolute Gasteiger partial charge is 0.236 e. The lowest BCUT2D eigenvalue weighted by Gasteiger charge is -2.22. The Balaban J connectivity index is 1.54. The minimum absolute atomic E-state index is 0.0767. The largest absolute Gasteiger partial charge is 0.339 e. The van der Waals surface area contributed by atoms with E-state index in [4.69, 9.17) is 0 Å². The molecule has 7 heteroatoms. The molecule has 0 aliphatic carbocycles. The lowest BCUT2D eigenvalue weighted by molar-refractivity contribution is -0.120. The summed E-state index contributed by atoms with van der Waals surface area (Å²) in [6.07, 6.45) is 4.24. The first-order valence-electron chi connectivity index (χ1n) is 7.97. The molecular formula is C17H16N6O. The number of aromatic nitrogens is 4. The van der Waals surface area contributed by atoms with Crippen LogP contribution in [-0.2, 0) is 17.3 Å². The van der Waals surface area contributed by atoms with Crippen LogP contribution in [0.25, 0.3) is 11.2 Å². The van der Waals surface area contributed by atoms with Gasteiger partial charge >= 0.3 is 0 Å². The molecule has 24 heavy (non-hydrogen) atoms. The summed E-state index contributed by atoms with van der Waals surface area (Å²) in [4.78, 5) is 28.1. The molecule has 0 bridgehead atoms. The highest BCUT2D eigenvalue weighted by Gasteiger charge is 2.51. The third kappa shape index (κ3) is 1.66. The lowest BCUT2D eigenvalue weighted by atomic mass is 9.81. The summed E-state index contributed by atoms with van der Waals surface area (Å²) < 4.78 is 1.88. The number of anilines is 2. The van der Waals surface area contributed by atoms with Crippen molar-refractivity contribution in [1.29, 1.82) is 0 Å². The number of aryl methyl sites for hydroxylation is 1. The van der Waals surface area contributed by atoms with Gasteiger partial charge in [-0.05, 0) is 18.1 Å². The summed E-state index contributed by atoms with van der Waals surface area (Å²) in [5.41, 5.74) is 3.09. The number of carbonyl (C=O) groups is 1. The van der Waals surface area contributed by atoms with Crippen LogP contribution in [-0.4, -0.2) is 38.5 Å². The number of fused-ring (bicyclic) bond motifs is 3. The zero-order chi connectivity index (χ0) is 16.3. The lowest BCUT2D eigenvalue weighted by Crippen LogP contribution is -2.38. The number of hydrogen-bond donors (Lipinski definition) is 1. The van der Waals surface area contributed by atoms with Crippen molar-refractivity contribution < 1.29 is 4.79 Å². The van der Waals surface area contributed by atoms with Crippen molar-refractivity contribution in [2.24, 2.45) is 7.05 Å². The second kappa shape index (κ2) is 4.53. The number of imidazole rings is 1. The standard InChI is InChI=1S/C17H16N6O/c1-22-10-19-13-8-18-16(21-14(13)22)23-7-6-17(9-23)11-4-2-3-5-12(11)20-15(17)24/h2-5,8,10H,6-7,9H2,1H3,(H,20,24). The average molecular weight is 320 g/mol. The van der Waals surface area contributed by atoms with E-state index in [0.29, 0.717) is 12.5 Å². The Hall–Kier alpha value is -2.96. The predicted octanol–water partition coefficient (Wildman–Crippen LogP) is 1.46. The zero-order valence-corrected chi connectivity index (χ0v) is 13.2. The molecule has 0 radical (unpaired) electrons. The van der Waals surface area contributed by atoms with Crippen LogP contribution in [0.1, 0.15) is 12.0 Å². The van der Waals surface area contributed by atoms with Gasteiger partial charge in [-0.15, -0.1) is 0 Å². The number of amides is 1. The summed E-state index contributed by atoms with van der Waals surface area (Å²) in [5.74, 6) is 0.730. The molecule has 1 aromatic carbocycles. The van der Waals surface area contributed by atoms with Gasteiger partial charge in [0.2, 0.25) is 11.9 Å². The van der Waals surface area contributed by atoms with Crippen molar-refractivity contribution >= 4 is 28.7 Å². The maximum Gasteiger partial charge on any atom is 0.236 e. The Labute approximate surface area is 138 Å². The molecule has 1 N–H and O–H groups in total. The number of nitrogens with zero attached hydrogens (tertiary/aromatic N) is 5. The Morgan fingerprint density at radius 1 is 1.25 bits per heavy atom. The van der Waals surface area contributed by atoms with Crippen LogP contribution in [0.15, 0.2) is 36.8 Å². The SMILES string of the molecule is Cn1cnc2cnc(N3CCC4(C3)C(=O)Nc3ccccc34)nc21. The molecule has 1 amide bonds. The van der Waals surface area contributed by atoms with Crippen molar-refractivity contribution in [3.05, 3.63) is 42.4 Å². The number of para-hydroxylation sites is 1. The molecule has 5 rings (SSSR count). The first-order valence-corrected chi connectivity index (χ1v) is 7.97. The Kier molecular flexibility index (Phi) is 2.54. The topological polar surface area (TPSA) is 75.9 Å². The summed E-state index contributed by atoms with van der Waals surface area (Å²) in [7, 11) is 1.91. The monoisotopic (exact) mass is 320 g/mol. The van der Waals surface area contributed by atoms with Gasteiger partial charge < -0.3 is 14.8 Å². The summed E-state index contributed by atoms with van der Waals surface area (Å²) in [6, 6.07) is 7.94. The second-order valence-electron chi connectivity index (χ2n) is 6.49. The maximum atomic E-state index is 12.7. The van der Waals surface area contributed by atoms with Crippen LogP contribution in [0.2, 0.25) is 0 Å². The molecule has 2 aliphatic heterocycles. The maximum absolute atomic E-state index is 12.7. The van der Waals surface area contributed by atoms with Gasteiger partial charge in [-0.1, -0.05) is 18.2 Å². The van der Waals surface area contributed by atoms with Gasteiger partial charge in [-0.2, -0.15) is 4.98 Å². The van der Waals surface area contributed by atoms with E-state index in [2.05, 4.69) is 25.2 Å². The Morgan fingerprint density at radius 2 is 2.12 bits per heavy atom. The summed E-state index contributed by atoms with van der Waals surface area (Å²) in [6.45, 7) is 1.35. The van der Waals surface area contributed by atoms with Gasteiger partial charge in [-0.3, -0.25) is 4.79 Å². The molecule has 3 aromatic rings. The van der Waals surface area contributed by atoms with Crippen LogP contribution in [0, 0.1) is 0 Å². The van der Waals surface area contributed by atoms with E-state index in [9.17, 15) is 4.79 Å². The van der Waals surface area contributed by atoms with E-state index < -0.39 is 5.41 Å². The van der Waals surface area contributed by atoms with E-state index in [0.717, 1.165) is 35.4 Å². The van der Waals surface area contributed by atoms with E-state index in [1.54, 1.807) is 12.5 Å². The van der Waals surface area contributed by atoms with E-state index in [-0.39, 0.29) is 5.91 Å². The number of rotatable bonds is 1. The van der Waals surface area contributed by atoms with Crippen LogP contribution < -0.4 is 10.2 Å². The highest BCUT2D eigenvalue weighted by molar-refractivity contribution is 6.07. The van der Waals surface area contributed by atoms with Crippen molar-refractivity contribution in [3.8, 4) is 0 Å². The van der Waals surface area contributed by atoms with Gasteiger partial charge in [-0.25, -0.2) is 9.97 Å². The molecule has 1 unspecified atom stereocenters. The minimum atomic E-state index is -0.499.